The second-order valence-corrected chi connectivity index (χ2v) is 6.80. The Morgan fingerprint density at radius 2 is 1.85 bits per heavy atom. The molecule has 0 radical (unpaired) electrons. The average molecular weight is 386 g/mol. The van der Waals surface area contributed by atoms with E-state index in [4.69, 9.17) is 16.3 Å². The Morgan fingerprint density at radius 1 is 1.19 bits per heavy atom. The fourth-order valence-corrected chi connectivity index (χ4v) is 3.03. The van der Waals surface area contributed by atoms with Gasteiger partial charge in [-0.15, -0.1) is 0 Å². The van der Waals surface area contributed by atoms with Gasteiger partial charge in [-0.2, -0.15) is 5.10 Å². The van der Waals surface area contributed by atoms with E-state index in [9.17, 15) is 9.59 Å². The van der Waals surface area contributed by atoms with E-state index in [1.807, 2.05) is 30.3 Å². The van der Waals surface area contributed by atoms with Crippen molar-refractivity contribution in [2.75, 3.05) is 18.5 Å². The lowest BCUT2D eigenvalue weighted by Gasteiger charge is -2.24. The van der Waals surface area contributed by atoms with Gasteiger partial charge in [-0.3, -0.25) is 4.79 Å². The number of amides is 2. The highest BCUT2D eigenvalue weighted by atomic mass is 35.5. The first kappa shape index (κ1) is 18.9. The van der Waals surface area contributed by atoms with Crippen LogP contribution in [0.1, 0.15) is 19.4 Å². The number of halogens is 1. The highest BCUT2D eigenvalue weighted by Crippen LogP contribution is 2.33. The number of urea groups is 1. The summed E-state index contributed by atoms with van der Waals surface area (Å²) in [6, 6.07) is 15.6. The summed E-state index contributed by atoms with van der Waals surface area (Å²) in [5.41, 5.74) is 0.822. The van der Waals surface area contributed by atoms with Gasteiger partial charge in [0.05, 0.1) is 18.9 Å². The van der Waals surface area contributed by atoms with Crippen LogP contribution in [0.3, 0.4) is 0 Å². The Bertz CT molecular complexity index is 868. The number of benzene rings is 2. The lowest BCUT2D eigenvalue weighted by molar-refractivity contribution is -0.150. The lowest BCUT2D eigenvalue weighted by Crippen LogP contribution is -2.42. The number of carbonyl (C=O) groups excluding carboxylic acids is 2. The molecule has 0 spiro atoms. The molecule has 2 amide bonds. The summed E-state index contributed by atoms with van der Waals surface area (Å²) in [5, 5.41) is 9.04. The van der Waals surface area contributed by atoms with E-state index in [0.717, 1.165) is 5.56 Å². The van der Waals surface area contributed by atoms with Crippen molar-refractivity contribution < 1.29 is 14.3 Å². The van der Waals surface area contributed by atoms with Crippen molar-refractivity contribution in [1.82, 2.24) is 5.01 Å². The van der Waals surface area contributed by atoms with E-state index >= 15 is 0 Å². The molecule has 140 valence electrons. The molecule has 0 saturated carbocycles. The van der Waals surface area contributed by atoms with Crippen LogP contribution >= 0.6 is 11.6 Å². The molecule has 1 unspecified atom stereocenters. The maximum Gasteiger partial charge on any atom is 0.342 e. The molecule has 0 aromatic heterocycles. The number of nitrogens with one attached hydrogen (secondary N) is 1. The van der Waals surface area contributed by atoms with Gasteiger partial charge >= 0.3 is 12.0 Å². The smallest absolute Gasteiger partial charge is 0.342 e. The van der Waals surface area contributed by atoms with E-state index in [0.29, 0.717) is 16.4 Å². The van der Waals surface area contributed by atoms with Crippen molar-refractivity contribution in [3.05, 3.63) is 65.2 Å². The number of hydrazone groups is 1. The molecule has 1 N–H and O–H groups in total. The second-order valence-electron chi connectivity index (χ2n) is 6.36. The van der Waals surface area contributed by atoms with Crippen LogP contribution in [-0.4, -0.2) is 35.9 Å². The Kier molecular flexibility index (Phi) is 5.46. The largest absolute Gasteiger partial charge is 0.465 e. The van der Waals surface area contributed by atoms with Crippen molar-refractivity contribution in [1.29, 1.82) is 0 Å². The summed E-state index contributed by atoms with van der Waals surface area (Å²) in [4.78, 5) is 25.3. The van der Waals surface area contributed by atoms with Gasteiger partial charge < -0.3 is 10.1 Å². The van der Waals surface area contributed by atoms with Gasteiger partial charge in [-0.25, -0.2) is 9.80 Å². The summed E-state index contributed by atoms with van der Waals surface area (Å²) >= 11 is 5.87. The summed E-state index contributed by atoms with van der Waals surface area (Å²) in [6.45, 7) is 3.84. The van der Waals surface area contributed by atoms with E-state index in [1.165, 1.54) is 5.01 Å². The summed E-state index contributed by atoms with van der Waals surface area (Å²) < 4.78 is 5.25. The third-order valence-corrected chi connectivity index (χ3v) is 4.56. The van der Waals surface area contributed by atoms with Gasteiger partial charge in [0.2, 0.25) is 0 Å². The number of rotatable bonds is 4. The van der Waals surface area contributed by atoms with Gasteiger partial charge in [-0.05, 0) is 43.7 Å². The number of esters is 1. The molecule has 27 heavy (non-hydrogen) atoms. The zero-order valence-corrected chi connectivity index (χ0v) is 15.9. The number of anilines is 1. The zero-order valence-electron chi connectivity index (χ0n) is 15.1. The van der Waals surface area contributed by atoms with Crippen molar-refractivity contribution in [2.24, 2.45) is 10.5 Å². The fraction of sp³-hybridized carbons (Fsp3) is 0.250. The van der Waals surface area contributed by atoms with Crippen LogP contribution < -0.4 is 5.32 Å². The molecule has 1 aliphatic rings. The monoisotopic (exact) mass is 385 g/mol. The molecule has 7 heteroatoms. The average Bonchev–Trinajstić information content (AvgIpc) is 3.04. The van der Waals surface area contributed by atoms with Crippen molar-refractivity contribution in [3.8, 4) is 0 Å². The summed E-state index contributed by atoms with van der Waals surface area (Å²) in [7, 11) is 0. The van der Waals surface area contributed by atoms with E-state index in [-0.39, 0.29) is 13.2 Å². The van der Waals surface area contributed by atoms with Crippen LogP contribution in [0.4, 0.5) is 10.5 Å². The van der Waals surface area contributed by atoms with Gasteiger partial charge in [0, 0.05) is 10.7 Å². The van der Waals surface area contributed by atoms with Gasteiger partial charge in [0.25, 0.3) is 0 Å². The minimum Gasteiger partial charge on any atom is -0.465 e. The lowest BCUT2D eigenvalue weighted by atomic mass is 9.82. The first-order valence-electron chi connectivity index (χ1n) is 8.60. The van der Waals surface area contributed by atoms with Crippen LogP contribution in [-0.2, 0) is 9.53 Å². The van der Waals surface area contributed by atoms with E-state index in [2.05, 4.69) is 10.4 Å². The molecule has 0 saturated heterocycles. The molecule has 2 aromatic carbocycles. The predicted molar refractivity (Wildman–Crippen MR) is 105 cm³/mol. The Balaban J connectivity index is 1.88. The maximum absolute atomic E-state index is 12.7. The Labute approximate surface area is 162 Å². The highest BCUT2D eigenvalue weighted by molar-refractivity contribution is 6.30. The van der Waals surface area contributed by atoms with Crippen LogP contribution in [0, 0.1) is 5.41 Å². The van der Waals surface area contributed by atoms with Gasteiger partial charge in [0.15, 0.2) is 0 Å². The predicted octanol–water partition coefficient (Wildman–Crippen LogP) is 4.16. The summed E-state index contributed by atoms with van der Waals surface area (Å²) in [6.07, 6.45) is 0. The van der Waals surface area contributed by atoms with Crippen molar-refractivity contribution in [2.45, 2.75) is 13.8 Å². The van der Waals surface area contributed by atoms with E-state index in [1.54, 1.807) is 38.1 Å². The number of hydrogen-bond acceptors (Lipinski definition) is 4. The highest BCUT2D eigenvalue weighted by Gasteiger charge is 2.48. The number of hydrogen-bond donors (Lipinski definition) is 1. The third kappa shape index (κ3) is 3.95. The minimum atomic E-state index is -1.05. The van der Waals surface area contributed by atoms with Crippen LogP contribution in [0.2, 0.25) is 5.02 Å². The maximum atomic E-state index is 12.7. The van der Waals surface area contributed by atoms with Gasteiger partial charge in [-0.1, -0.05) is 41.9 Å². The molecule has 6 nitrogen and oxygen atoms in total. The molecule has 0 fully saturated rings. The minimum absolute atomic E-state index is 0.0927. The van der Waals surface area contributed by atoms with Crippen LogP contribution in [0.15, 0.2) is 59.7 Å². The normalized spacial score (nSPS) is 18.8. The Morgan fingerprint density at radius 3 is 2.48 bits per heavy atom. The molecular formula is C20H20ClN3O3. The molecule has 1 aliphatic heterocycles. The third-order valence-electron chi connectivity index (χ3n) is 4.31. The van der Waals surface area contributed by atoms with Crippen molar-refractivity contribution >= 4 is 35.0 Å². The molecule has 2 aromatic rings. The molecule has 1 heterocycles. The summed E-state index contributed by atoms with van der Waals surface area (Å²) in [5.74, 6) is -0.408. The first-order valence-corrected chi connectivity index (χ1v) is 8.97. The van der Waals surface area contributed by atoms with Crippen LogP contribution in [0.25, 0.3) is 0 Å². The molecule has 1 atom stereocenters. The molecule has 0 bridgehead atoms. The second kappa shape index (κ2) is 7.80. The Hall–Kier alpha value is -2.86. The number of carbonyl (C=O) groups is 2. The van der Waals surface area contributed by atoms with Crippen LogP contribution in [0.5, 0.6) is 0 Å². The topological polar surface area (TPSA) is 71.0 Å². The number of nitrogens with zero attached hydrogens (tertiary/aromatic N) is 2. The standard InChI is InChI=1S/C20H20ClN3O3/c1-3-27-18(25)20(2)13-24(23-17(20)14-7-5-4-6-8-14)19(26)22-16-11-9-15(21)10-12-16/h4-12H,3,13H2,1-2H3,(H,22,26). The molecule has 0 aliphatic carbocycles. The van der Waals surface area contributed by atoms with Gasteiger partial charge in [0.1, 0.15) is 5.41 Å². The quantitative estimate of drug-likeness (QED) is 0.803. The molecule has 3 rings (SSSR count). The SMILES string of the molecule is CCOC(=O)C1(C)CN(C(=O)Nc2ccc(Cl)cc2)N=C1c1ccccc1. The van der Waals surface area contributed by atoms with E-state index < -0.39 is 17.4 Å². The first-order chi connectivity index (χ1) is 12.9. The molecular weight excluding hydrogens is 366 g/mol. The zero-order chi connectivity index (χ0) is 19.4. The fourth-order valence-electron chi connectivity index (χ4n) is 2.90. The number of ether oxygens (including phenoxy) is 1. The van der Waals surface area contributed by atoms with Crippen molar-refractivity contribution in [3.63, 3.8) is 0 Å².